The number of nitrogens with two attached hydrogens (primary N) is 1. The minimum absolute atomic E-state index is 0.101. The average Bonchev–Trinajstić information content (AvgIpc) is 2.68. The molecule has 3 N–H and O–H groups in total. The molecule has 0 saturated carbocycles. The van der Waals surface area contributed by atoms with E-state index in [1.807, 2.05) is 0 Å². The molecular weight excluding hydrogens is 261 g/mol. The predicted molar refractivity (Wildman–Crippen MR) is 60.9 cm³/mol. The molecule has 19 heavy (non-hydrogen) atoms. The summed E-state index contributed by atoms with van der Waals surface area (Å²) in [7, 11) is 1.53. The van der Waals surface area contributed by atoms with Gasteiger partial charge in [0.05, 0.1) is 11.8 Å². The van der Waals surface area contributed by atoms with Crippen LogP contribution in [-0.2, 0) is 13.2 Å². The monoisotopic (exact) mass is 272 g/mol. The fourth-order valence-corrected chi connectivity index (χ4v) is 1.72. The van der Waals surface area contributed by atoms with E-state index in [1.165, 1.54) is 17.9 Å². The Morgan fingerprint density at radius 2 is 2.00 bits per heavy atom. The third-order valence-electron chi connectivity index (χ3n) is 2.76. The number of halogens is 3. The van der Waals surface area contributed by atoms with Crippen molar-refractivity contribution < 1.29 is 18.3 Å². The quantitative estimate of drug-likeness (QED) is 0.868. The lowest BCUT2D eigenvalue weighted by Gasteiger charge is -2.16. The van der Waals surface area contributed by atoms with E-state index >= 15 is 0 Å². The van der Waals surface area contributed by atoms with Crippen molar-refractivity contribution in [2.45, 2.75) is 12.3 Å². The van der Waals surface area contributed by atoms with Gasteiger partial charge in [0, 0.05) is 30.6 Å². The topological polar surface area (TPSA) is 77.0 Å². The molecule has 2 heterocycles. The number of nitrogen functional groups attached to an aromatic ring is 1. The number of aryl methyl sites for hydroxylation is 1. The lowest BCUT2D eigenvalue weighted by Crippen LogP contribution is -2.14. The molecule has 5 nitrogen and oxygen atoms in total. The summed E-state index contributed by atoms with van der Waals surface area (Å²) < 4.78 is 39.8. The maximum atomic E-state index is 12.8. The zero-order valence-corrected chi connectivity index (χ0v) is 9.89. The zero-order chi connectivity index (χ0) is 14.2. The fraction of sp³-hybridized carbons (Fsp3) is 0.273. The number of aliphatic hydroxyl groups is 1. The van der Waals surface area contributed by atoms with Gasteiger partial charge in [-0.05, 0) is 6.07 Å². The van der Waals surface area contributed by atoms with Crippen molar-refractivity contribution >= 4 is 5.82 Å². The van der Waals surface area contributed by atoms with Crippen molar-refractivity contribution in [2.24, 2.45) is 7.05 Å². The minimum Gasteiger partial charge on any atom is -0.384 e. The molecule has 2 aromatic heterocycles. The molecular formula is C11H11F3N4O. The molecule has 2 rings (SSSR count). The molecule has 0 aliphatic carbocycles. The Kier molecular flexibility index (Phi) is 3.19. The Balaban J connectivity index is 2.51. The molecule has 0 aliphatic rings. The van der Waals surface area contributed by atoms with E-state index < -0.39 is 17.8 Å². The highest BCUT2D eigenvalue weighted by molar-refractivity contribution is 5.45. The van der Waals surface area contributed by atoms with Crippen molar-refractivity contribution in [3.63, 3.8) is 0 Å². The number of pyridine rings is 1. The van der Waals surface area contributed by atoms with E-state index in [4.69, 9.17) is 5.73 Å². The second kappa shape index (κ2) is 4.54. The number of alkyl halides is 3. The van der Waals surface area contributed by atoms with Crippen LogP contribution >= 0.6 is 0 Å². The second-order valence-corrected chi connectivity index (χ2v) is 3.97. The highest BCUT2D eigenvalue weighted by Gasteiger charge is 2.35. The summed E-state index contributed by atoms with van der Waals surface area (Å²) in [6.45, 7) is 0. The molecule has 8 heteroatoms. The summed E-state index contributed by atoms with van der Waals surface area (Å²) in [6.07, 6.45) is -2.88. The first kappa shape index (κ1) is 13.3. The van der Waals surface area contributed by atoms with Gasteiger partial charge in [-0.25, -0.2) is 0 Å². The summed E-state index contributed by atoms with van der Waals surface area (Å²) >= 11 is 0. The van der Waals surface area contributed by atoms with Crippen LogP contribution in [0.5, 0.6) is 0 Å². The molecule has 2 aromatic rings. The maximum absolute atomic E-state index is 12.8. The van der Waals surface area contributed by atoms with E-state index in [9.17, 15) is 18.3 Å². The SMILES string of the molecule is Cn1ncc(C(O)c2cnccc2C(F)(F)F)c1N. The summed E-state index contributed by atoms with van der Waals surface area (Å²) in [6, 6.07) is 0.811. The Labute approximate surface area is 106 Å². The Morgan fingerprint density at radius 3 is 2.53 bits per heavy atom. The predicted octanol–water partition coefficient (Wildman–Crippen LogP) is 1.50. The second-order valence-electron chi connectivity index (χ2n) is 3.97. The van der Waals surface area contributed by atoms with Gasteiger partial charge < -0.3 is 10.8 Å². The lowest BCUT2D eigenvalue weighted by molar-refractivity contribution is -0.139. The largest absolute Gasteiger partial charge is 0.416 e. The molecule has 0 amide bonds. The van der Waals surface area contributed by atoms with Crippen LogP contribution < -0.4 is 5.73 Å². The van der Waals surface area contributed by atoms with Gasteiger partial charge in [0.25, 0.3) is 0 Å². The lowest BCUT2D eigenvalue weighted by atomic mass is 10.0. The van der Waals surface area contributed by atoms with Crippen LogP contribution in [0.2, 0.25) is 0 Å². The number of rotatable bonds is 2. The van der Waals surface area contributed by atoms with Crippen molar-refractivity contribution in [1.29, 1.82) is 0 Å². The van der Waals surface area contributed by atoms with Gasteiger partial charge in [-0.1, -0.05) is 0 Å². The minimum atomic E-state index is -4.57. The van der Waals surface area contributed by atoms with Crippen molar-refractivity contribution in [1.82, 2.24) is 14.8 Å². The number of hydrogen-bond acceptors (Lipinski definition) is 4. The first-order valence-corrected chi connectivity index (χ1v) is 5.29. The summed E-state index contributed by atoms with van der Waals surface area (Å²) in [5.74, 6) is 0.101. The maximum Gasteiger partial charge on any atom is 0.416 e. The smallest absolute Gasteiger partial charge is 0.384 e. The number of aromatic nitrogens is 3. The van der Waals surface area contributed by atoms with Gasteiger partial charge in [0.1, 0.15) is 11.9 Å². The zero-order valence-electron chi connectivity index (χ0n) is 9.89. The van der Waals surface area contributed by atoms with Gasteiger partial charge in [-0.3, -0.25) is 9.67 Å². The third-order valence-corrected chi connectivity index (χ3v) is 2.76. The van der Waals surface area contributed by atoms with Crippen LogP contribution in [0, 0.1) is 0 Å². The molecule has 0 aromatic carbocycles. The molecule has 0 saturated heterocycles. The first-order chi connectivity index (χ1) is 8.82. The highest BCUT2D eigenvalue weighted by atomic mass is 19.4. The molecule has 0 spiro atoms. The van der Waals surface area contributed by atoms with E-state index in [-0.39, 0.29) is 16.9 Å². The van der Waals surface area contributed by atoms with Crippen LogP contribution in [0.3, 0.4) is 0 Å². The number of nitrogens with zero attached hydrogens (tertiary/aromatic N) is 3. The van der Waals surface area contributed by atoms with Gasteiger partial charge >= 0.3 is 6.18 Å². The molecule has 1 unspecified atom stereocenters. The standard InChI is InChI=1S/C11H11F3N4O/c1-18-10(15)7(5-17-18)9(19)6-4-16-3-2-8(6)11(12,13)14/h2-5,9,19H,15H2,1H3. The van der Waals surface area contributed by atoms with Gasteiger partial charge in [0.15, 0.2) is 0 Å². The Bertz CT molecular complexity index is 594. The van der Waals surface area contributed by atoms with Crippen LogP contribution in [0.15, 0.2) is 24.7 Å². The van der Waals surface area contributed by atoms with Crippen molar-refractivity contribution in [3.05, 3.63) is 41.3 Å². The normalized spacial score (nSPS) is 13.5. The van der Waals surface area contributed by atoms with E-state index in [0.717, 1.165) is 18.5 Å². The van der Waals surface area contributed by atoms with Crippen molar-refractivity contribution in [2.75, 3.05) is 5.73 Å². The third kappa shape index (κ3) is 2.39. The van der Waals surface area contributed by atoms with Gasteiger partial charge in [-0.15, -0.1) is 0 Å². The molecule has 0 fully saturated rings. The average molecular weight is 272 g/mol. The molecule has 1 atom stereocenters. The highest BCUT2D eigenvalue weighted by Crippen LogP contribution is 2.36. The number of anilines is 1. The van der Waals surface area contributed by atoms with E-state index in [2.05, 4.69) is 10.1 Å². The fourth-order valence-electron chi connectivity index (χ4n) is 1.72. The molecule has 0 radical (unpaired) electrons. The Morgan fingerprint density at radius 1 is 1.32 bits per heavy atom. The van der Waals surface area contributed by atoms with Crippen LogP contribution in [0.25, 0.3) is 0 Å². The number of aliphatic hydroxyl groups excluding tert-OH is 1. The summed E-state index contributed by atoms with van der Waals surface area (Å²) in [4.78, 5) is 3.61. The van der Waals surface area contributed by atoms with Gasteiger partial charge in [-0.2, -0.15) is 18.3 Å². The van der Waals surface area contributed by atoms with Crippen molar-refractivity contribution in [3.8, 4) is 0 Å². The number of hydrogen-bond donors (Lipinski definition) is 2. The van der Waals surface area contributed by atoms with Gasteiger partial charge in [0.2, 0.25) is 0 Å². The molecule has 0 bridgehead atoms. The molecule has 102 valence electrons. The Hall–Kier alpha value is -2.09. The first-order valence-electron chi connectivity index (χ1n) is 5.29. The summed E-state index contributed by atoms with van der Waals surface area (Å²) in [5.41, 5.74) is 4.45. The van der Waals surface area contributed by atoms with E-state index in [1.54, 1.807) is 0 Å². The van der Waals surface area contributed by atoms with Crippen LogP contribution in [0.4, 0.5) is 19.0 Å². The summed E-state index contributed by atoms with van der Waals surface area (Å²) in [5, 5.41) is 13.8. The molecule has 0 aliphatic heterocycles. The van der Waals surface area contributed by atoms with Crippen LogP contribution in [-0.4, -0.2) is 19.9 Å². The van der Waals surface area contributed by atoms with E-state index in [0.29, 0.717) is 0 Å². The van der Waals surface area contributed by atoms with Crippen LogP contribution in [0.1, 0.15) is 22.8 Å².